The van der Waals surface area contributed by atoms with Gasteiger partial charge in [0.05, 0.1) is 5.92 Å². The van der Waals surface area contributed by atoms with Crippen LogP contribution in [-0.2, 0) is 11.3 Å². The Morgan fingerprint density at radius 2 is 2.31 bits per heavy atom. The number of aliphatic carboxylic acids is 1. The summed E-state index contributed by atoms with van der Waals surface area (Å²) < 4.78 is 3.13. The second kappa shape index (κ2) is 3.35. The molecule has 3 rings (SSSR count). The lowest BCUT2D eigenvalue weighted by Crippen LogP contribution is -2.07. The molecule has 0 amide bonds. The summed E-state index contributed by atoms with van der Waals surface area (Å²) in [4.78, 5) is 11.1. The van der Waals surface area contributed by atoms with E-state index in [1.54, 1.807) is 0 Å². The fourth-order valence-corrected chi connectivity index (χ4v) is 2.93. The number of fused-ring (bicyclic) bond motifs is 3. The average Bonchev–Trinajstić information content (AvgIpc) is 2.76. The van der Waals surface area contributed by atoms with Gasteiger partial charge in [-0.2, -0.15) is 0 Å². The molecule has 2 heterocycles. The normalized spacial score (nSPS) is 18.9. The lowest BCUT2D eigenvalue weighted by molar-refractivity contribution is -0.138. The number of aromatic nitrogens is 1. The van der Waals surface area contributed by atoms with E-state index in [9.17, 15) is 4.79 Å². The van der Waals surface area contributed by atoms with Crippen molar-refractivity contribution >= 4 is 32.8 Å². The Labute approximate surface area is 101 Å². The lowest BCUT2D eigenvalue weighted by Gasteiger charge is -2.00. The largest absolute Gasteiger partial charge is 0.481 e. The summed E-state index contributed by atoms with van der Waals surface area (Å²) in [5.41, 5.74) is 2.04. The van der Waals surface area contributed by atoms with E-state index >= 15 is 0 Å². The van der Waals surface area contributed by atoms with Crippen LogP contribution in [0, 0.1) is 0 Å². The van der Waals surface area contributed by atoms with Crippen LogP contribution in [0.4, 0.5) is 0 Å². The summed E-state index contributed by atoms with van der Waals surface area (Å²) in [6, 6.07) is 7.99. The van der Waals surface area contributed by atoms with Gasteiger partial charge in [0.2, 0.25) is 0 Å². The number of halogens is 1. The van der Waals surface area contributed by atoms with E-state index in [1.165, 1.54) is 0 Å². The Hall–Kier alpha value is -1.29. The van der Waals surface area contributed by atoms with Gasteiger partial charge >= 0.3 is 5.97 Å². The Morgan fingerprint density at radius 1 is 1.50 bits per heavy atom. The second-order valence-electron chi connectivity index (χ2n) is 4.07. The SMILES string of the molecule is O=C(O)C1CCn2c1cc1c(Br)cccc12. The van der Waals surface area contributed by atoms with Crippen molar-refractivity contribution in [3.8, 4) is 0 Å². The molecule has 0 saturated heterocycles. The van der Waals surface area contributed by atoms with E-state index in [0.717, 1.165) is 27.6 Å². The number of carboxylic acid groups (broad SMARTS) is 1. The van der Waals surface area contributed by atoms with Gasteiger partial charge in [0.1, 0.15) is 0 Å². The number of hydrogen-bond donors (Lipinski definition) is 1. The first-order valence-electron chi connectivity index (χ1n) is 5.19. The topological polar surface area (TPSA) is 42.2 Å². The van der Waals surface area contributed by atoms with Crippen LogP contribution in [0.25, 0.3) is 10.9 Å². The summed E-state index contributed by atoms with van der Waals surface area (Å²) in [5, 5.41) is 10.2. The molecule has 0 bridgehead atoms. The van der Waals surface area contributed by atoms with Crippen molar-refractivity contribution in [2.45, 2.75) is 18.9 Å². The molecule has 1 atom stereocenters. The lowest BCUT2D eigenvalue weighted by atomic mass is 10.1. The van der Waals surface area contributed by atoms with Crippen LogP contribution in [0.15, 0.2) is 28.7 Å². The van der Waals surface area contributed by atoms with Gasteiger partial charge in [0, 0.05) is 27.6 Å². The predicted octanol–water partition coefficient (Wildman–Crippen LogP) is 2.98. The fourth-order valence-electron chi connectivity index (χ4n) is 2.46. The summed E-state index contributed by atoms with van der Waals surface area (Å²) in [5.74, 6) is -1.07. The first kappa shape index (κ1) is 9.90. The molecule has 1 unspecified atom stereocenters. The van der Waals surface area contributed by atoms with Gasteiger partial charge < -0.3 is 9.67 Å². The highest BCUT2D eigenvalue weighted by Crippen LogP contribution is 2.36. The molecule has 1 aromatic heterocycles. The molecular weight excluding hydrogens is 270 g/mol. The van der Waals surface area contributed by atoms with E-state index in [1.807, 2.05) is 24.3 Å². The average molecular weight is 280 g/mol. The van der Waals surface area contributed by atoms with Crippen LogP contribution >= 0.6 is 15.9 Å². The monoisotopic (exact) mass is 279 g/mol. The standard InChI is InChI=1S/C12H10BrNO2/c13-9-2-1-3-10-8(9)6-11-7(12(15)16)4-5-14(10)11/h1-3,6-7H,4-5H2,(H,15,16). The third-order valence-corrected chi connectivity index (χ3v) is 3.91. The number of nitrogens with zero attached hydrogens (tertiary/aromatic N) is 1. The highest BCUT2D eigenvalue weighted by atomic mass is 79.9. The van der Waals surface area contributed by atoms with Gasteiger partial charge in [-0.15, -0.1) is 0 Å². The maximum Gasteiger partial charge on any atom is 0.312 e. The quantitative estimate of drug-likeness (QED) is 0.872. The van der Waals surface area contributed by atoms with Gasteiger partial charge in [-0.25, -0.2) is 0 Å². The molecule has 1 aliphatic rings. The first-order chi connectivity index (χ1) is 7.68. The molecule has 4 heteroatoms. The van der Waals surface area contributed by atoms with Crippen molar-refractivity contribution in [3.05, 3.63) is 34.4 Å². The Balaban J connectivity index is 2.28. The van der Waals surface area contributed by atoms with Gasteiger partial charge in [-0.05, 0) is 24.6 Å². The third kappa shape index (κ3) is 1.23. The third-order valence-electron chi connectivity index (χ3n) is 3.22. The maximum absolute atomic E-state index is 11.1. The molecule has 2 aromatic rings. The molecule has 1 N–H and O–H groups in total. The van der Waals surface area contributed by atoms with E-state index in [-0.39, 0.29) is 5.92 Å². The molecule has 0 aliphatic carbocycles. The molecule has 0 fully saturated rings. The molecule has 3 nitrogen and oxygen atoms in total. The van der Waals surface area contributed by atoms with E-state index in [0.29, 0.717) is 6.42 Å². The molecule has 0 saturated carbocycles. The Kier molecular flexibility index (Phi) is 2.07. The Morgan fingerprint density at radius 3 is 3.06 bits per heavy atom. The zero-order valence-corrected chi connectivity index (χ0v) is 10.1. The number of carboxylic acids is 1. The fraction of sp³-hybridized carbons (Fsp3) is 0.250. The van der Waals surface area contributed by atoms with Crippen molar-refractivity contribution in [1.82, 2.24) is 4.57 Å². The number of rotatable bonds is 1. The number of aryl methyl sites for hydroxylation is 1. The zero-order valence-electron chi connectivity index (χ0n) is 8.48. The van der Waals surface area contributed by atoms with Crippen LogP contribution in [0.5, 0.6) is 0 Å². The number of benzene rings is 1. The molecule has 82 valence electrons. The van der Waals surface area contributed by atoms with Crippen molar-refractivity contribution in [2.75, 3.05) is 0 Å². The minimum Gasteiger partial charge on any atom is -0.481 e. The highest BCUT2D eigenvalue weighted by molar-refractivity contribution is 9.10. The summed E-state index contributed by atoms with van der Waals surface area (Å²) >= 11 is 3.49. The molecule has 1 aliphatic heterocycles. The second-order valence-corrected chi connectivity index (χ2v) is 4.93. The molecule has 1 aromatic carbocycles. The number of hydrogen-bond acceptors (Lipinski definition) is 1. The molecule has 0 radical (unpaired) electrons. The number of carbonyl (C=O) groups is 1. The molecule has 0 spiro atoms. The molecule has 16 heavy (non-hydrogen) atoms. The van der Waals surface area contributed by atoms with Crippen molar-refractivity contribution in [1.29, 1.82) is 0 Å². The van der Waals surface area contributed by atoms with Crippen molar-refractivity contribution in [2.24, 2.45) is 0 Å². The molecular formula is C12H10BrNO2. The van der Waals surface area contributed by atoms with E-state index in [2.05, 4.69) is 20.5 Å². The minimum absolute atomic E-state index is 0.348. The Bertz CT molecular complexity index is 588. The van der Waals surface area contributed by atoms with Crippen LogP contribution in [-0.4, -0.2) is 15.6 Å². The van der Waals surface area contributed by atoms with Crippen LogP contribution in [0.1, 0.15) is 18.0 Å². The van der Waals surface area contributed by atoms with Crippen molar-refractivity contribution < 1.29 is 9.90 Å². The highest BCUT2D eigenvalue weighted by Gasteiger charge is 2.30. The van der Waals surface area contributed by atoms with Gasteiger partial charge in [-0.1, -0.05) is 22.0 Å². The van der Waals surface area contributed by atoms with E-state index < -0.39 is 5.97 Å². The van der Waals surface area contributed by atoms with Crippen LogP contribution in [0.3, 0.4) is 0 Å². The summed E-state index contributed by atoms with van der Waals surface area (Å²) in [7, 11) is 0. The van der Waals surface area contributed by atoms with Crippen LogP contribution < -0.4 is 0 Å². The summed E-state index contributed by atoms with van der Waals surface area (Å²) in [6.45, 7) is 0.798. The first-order valence-corrected chi connectivity index (χ1v) is 5.98. The van der Waals surface area contributed by atoms with Gasteiger partial charge in [0.15, 0.2) is 0 Å². The van der Waals surface area contributed by atoms with E-state index in [4.69, 9.17) is 5.11 Å². The van der Waals surface area contributed by atoms with Crippen LogP contribution in [0.2, 0.25) is 0 Å². The predicted molar refractivity (Wildman–Crippen MR) is 64.6 cm³/mol. The summed E-state index contributed by atoms with van der Waals surface area (Å²) in [6.07, 6.45) is 0.702. The van der Waals surface area contributed by atoms with Gasteiger partial charge in [0.25, 0.3) is 0 Å². The van der Waals surface area contributed by atoms with Crippen molar-refractivity contribution in [3.63, 3.8) is 0 Å². The minimum atomic E-state index is -0.724. The maximum atomic E-state index is 11.1. The van der Waals surface area contributed by atoms with Gasteiger partial charge in [-0.3, -0.25) is 4.79 Å². The smallest absolute Gasteiger partial charge is 0.312 e. The zero-order chi connectivity index (χ0) is 11.3.